The topological polar surface area (TPSA) is 49.4 Å². The average molecular weight is 314 g/mol. The summed E-state index contributed by atoms with van der Waals surface area (Å²) in [6.45, 7) is 0.491. The van der Waals surface area contributed by atoms with E-state index < -0.39 is 0 Å². The lowest BCUT2D eigenvalue weighted by Gasteiger charge is -2.23. The second kappa shape index (κ2) is 6.32. The highest BCUT2D eigenvalue weighted by Gasteiger charge is 2.42. The quantitative estimate of drug-likeness (QED) is 0.943. The number of carbonyl (C=O) groups excluding carboxylic acids is 2. The molecule has 2 heterocycles. The zero-order valence-electron chi connectivity index (χ0n) is 12.4. The van der Waals surface area contributed by atoms with E-state index in [1.54, 1.807) is 23.3 Å². The van der Waals surface area contributed by atoms with Gasteiger partial charge in [0.05, 0.1) is 12.0 Å². The average Bonchev–Trinajstić information content (AvgIpc) is 3.15. The summed E-state index contributed by atoms with van der Waals surface area (Å²) in [5.74, 6) is -0.349. The Hall–Kier alpha value is -2.14. The molecule has 1 aromatic carbocycles. The summed E-state index contributed by atoms with van der Waals surface area (Å²) in [5.41, 5.74) is 1.06. The second-order valence-corrected chi connectivity index (χ2v) is 6.46. The minimum Gasteiger partial charge on any atom is -0.352 e. The van der Waals surface area contributed by atoms with Crippen molar-refractivity contribution >= 4 is 23.2 Å². The van der Waals surface area contributed by atoms with Crippen LogP contribution >= 0.6 is 11.3 Å². The molecule has 114 valence electrons. The Bertz CT molecular complexity index is 655. The van der Waals surface area contributed by atoms with Crippen molar-refractivity contribution in [1.29, 1.82) is 0 Å². The van der Waals surface area contributed by atoms with Gasteiger partial charge in [-0.25, -0.2) is 0 Å². The summed E-state index contributed by atoms with van der Waals surface area (Å²) >= 11 is 1.59. The lowest BCUT2D eigenvalue weighted by Crippen LogP contribution is -2.33. The van der Waals surface area contributed by atoms with Gasteiger partial charge in [-0.3, -0.25) is 9.59 Å². The Kier molecular flexibility index (Phi) is 4.24. The van der Waals surface area contributed by atoms with Crippen LogP contribution < -0.4 is 5.32 Å². The van der Waals surface area contributed by atoms with E-state index >= 15 is 0 Å². The molecule has 0 bridgehead atoms. The van der Waals surface area contributed by atoms with Gasteiger partial charge in [0.15, 0.2) is 0 Å². The predicted octanol–water partition coefficient (Wildman–Crippen LogP) is 2.58. The molecule has 4 nitrogen and oxygen atoms in total. The summed E-state index contributed by atoms with van der Waals surface area (Å²) in [4.78, 5) is 27.3. The Morgan fingerprint density at radius 3 is 2.73 bits per heavy atom. The molecule has 0 aliphatic carbocycles. The number of amides is 2. The van der Waals surface area contributed by atoms with Gasteiger partial charge in [-0.1, -0.05) is 36.4 Å². The van der Waals surface area contributed by atoms with E-state index in [2.05, 4.69) is 5.32 Å². The number of hydrogen-bond donors (Lipinski definition) is 1. The summed E-state index contributed by atoms with van der Waals surface area (Å²) in [5, 5.41) is 4.94. The summed E-state index contributed by atoms with van der Waals surface area (Å²) in [6, 6.07) is 13.6. The zero-order valence-corrected chi connectivity index (χ0v) is 13.2. The summed E-state index contributed by atoms with van der Waals surface area (Å²) in [6.07, 6.45) is 0.277. The molecule has 0 radical (unpaired) electrons. The maximum atomic E-state index is 12.5. The van der Waals surface area contributed by atoms with Crippen molar-refractivity contribution in [2.75, 3.05) is 7.05 Å². The van der Waals surface area contributed by atoms with Gasteiger partial charge in [0.2, 0.25) is 11.8 Å². The smallest absolute Gasteiger partial charge is 0.226 e. The Morgan fingerprint density at radius 1 is 1.27 bits per heavy atom. The fourth-order valence-electron chi connectivity index (χ4n) is 2.87. The fraction of sp³-hybridized carbons (Fsp3) is 0.294. The van der Waals surface area contributed by atoms with Crippen LogP contribution in [0.4, 0.5) is 0 Å². The molecule has 0 unspecified atom stereocenters. The van der Waals surface area contributed by atoms with Gasteiger partial charge >= 0.3 is 0 Å². The monoisotopic (exact) mass is 314 g/mol. The Balaban J connectivity index is 1.72. The van der Waals surface area contributed by atoms with Crippen LogP contribution in [0.1, 0.15) is 22.9 Å². The molecule has 0 spiro atoms. The van der Waals surface area contributed by atoms with Crippen LogP contribution in [-0.4, -0.2) is 23.8 Å². The normalized spacial score (nSPS) is 21.1. The summed E-state index contributed by atoms with van der Waals surface area (Å²) in [7, 11) is 1.77. The molecule has 1 saturated heterocycles. The van der Waals surface area contributed by atoms with E-state index in [1.165, 1.54) is 0 Å². The number of hydrogen-bond acceptors (Lipinski definition) is 3. The van der Waals surface area contributed by atoms with Crippen molar-refractivity contribution in [1.82, 2.24) is 10.2 Å². The predicted molar refractivity (Wildman–Crippen MR) is 86.2 cm³/mol. The highest BCUT2D eigenvalue weighted by molar-refractivity contribution is 7.10. The van der Waals surface area contributed by atoms with Gasteiger partial charge in [-0.15, -0.1) is 11.3 Å². The number of rotatable bonds is 4. The zero-order chi connectivity index (χ0) is 15.5. The largest absolute Gasteiger partial charge is 0.352 e. The minimum atomic E-state index is -0.320. The van der Waals surface area contributed by atoms with Crippen molar-refractivity contribution in [3.05, 3.63) is 58.3 Å². The Morgan fingerprint density at radius 2 is 2.05 bits per heavy atom. The lowest BCUT2D eigenvalue weighted by atomic mass is 9.98. The van der Waals surface area contributed by atoms with Crippen molar-refractivity contribution in [2.45, 2.75) is 19.0 Å². The van der Waals surface area contributed by atoms with Crippen LogP contribution in [0.25, 0.3) is 0 Å². The maximum absolute atomic E-state index is 12.5. The van der Waals surface area contributed by atoms with Crippen molar-refractivity contribution < 1.29 is 9.59 Å². The molecule has 2 aromatic rings. The first-order valence-corrected chi connectivity index (χ1v) is 8.15. The van der Waals surface area contributed by atoms with Crippen LogP contribution in [0.15, 0.2) is 47.8 Å². The number of nitrogens with zero attached hydrogens (tertiary/aromatic N) is 1. The molecular weight excluding hydrogens is 296 g/mol. The Labute approximate surface area is 133 Å². The number of benzene rings is 1. The van der Waals surface area contributed by atoms with Gasteiger partial charge in [-0.2, -0.15) is 0 Å². The molecule has 22 heavy (non-hydrogen) atoms. The van der Waals surface area contributed by atoms with Gasteiger partial charge in [0, 0.05) is 24.9 Å². The molecule has 3 rings (SSSR count). The molecule has 1 aliphatic rings. The SMILES string of the molecule is CN1C(=O)C[C@@H](C(=O)NCc2ccccc2)[C@@H]1c1cccs1. The highest BCUT2D eigenvalue weighted by atomic mass is 32.1. The van der Waals surface area contributed by atoms with E-state index in [4.69, 9.17) is 0 Å². The van der Waals surface area contributed by atoms with Crippen LogP contribution in [0, 0.1) is 5.92 Å². The molecular formula is C17H18N2O2S. The number of carbonyl (C=O) groups is 2. The molecule has 2 atom stereocenters. The standard InChI is InChI=1S/C17H18N2O2S/c1-19-15(20)10-13(16(19)14-8-5-9-22-14)17(21)18-11-12-6-3-2-4-7-12/h2-9,13,16H,10-11H2,1H3,(H,18,21)/t13-,16-/m1/s1. The van der Waals surface area contributed by atoms with Crippen molar-refractivity contribution in [3.63, 3.8) is 0 Å². The van der Waals surface area contributed by atoms with Gasteiger partial charge in [0.25, 0.3) is 0 Å². The highest BCUT2D eigenvalue weighted by Crippen LogP contribution is 2.39. The first-order valence-electron chi connectivity index (χ1n) is 7.27. The van der Waals surface area contributed by atoms with Gasteiger partial charge in [-0.05, 0) is 17.0 Å². The number of thiophene rings is 1. The van der Waals surface area contributed by atoms with Crippen LogP contribution in [-0.2, 0) is 16.1 Å². The van der Waals surface area contributed by atoms with Crippen molar-refractivity contribution in [3.8, 4) is 0 Å². The third-order valence-electron chi connectivity index (χ3n) is 4.07. The first-order chi connectivity index (χ1) is 10.7. The van der Waals surface area contributed by atoms with E-state index in [0.717, 1.165) is 10.4 Å². The lowest BCUT2D eigenvalue weighted by molar-refractivity contribution is -0.128. The number of nitrogens with one attached hydrogen (secondary N) is 1. The van der Waals surface area contributed by atoms with Gasteiger partial charge in [0.1, 0.15) is 0 Å². The van der Waals surface area contributed by atoms with Crippen LogP contribution in [0.2, 0.25) is 0 Å². The molecule has 1 fully saturated rings. The number of likely N-dealkylation sites (tertiary alicyclic amines) is 1. The fourth-order valence-corrected chi connectivity index (χ4v) is 3.80. The third kappa shape index (κ3) is 2.90. The van der Waals surface area contributed by atoms with E-state index in [9.17, 15) is 9.59 Å². The first kappa shape index (κ1) is 14.8. The van der Waals surface area contributed by atoms with Gasteiger partial charge < -0.3 is 10.2 Å². The van der Waals surface area contributed by atoms with Crippen LogP contribution in [0.3, 0.4) is 0 Å². The molecule has 5 heteroatoms. The van der Waals surface area contributed by atoms with E-state index in [1.807, 2.05) is 47.8 Å². The maximum Gasteiger partial charge on any atom is 0.226 e. The molecule has 1 aliphatic heterocycles. The minimum absolute atomic E-state index is 0.0262. The molecule has 1 N–H and O–H groups in total. The second-order valence-electron chi connectivity index (χ2n) is 5.48. The summed E-state index contributed by atoms with van der Waals surface area (Å²) < 4.78 is 0. The van der Waals surface area contributed by atoms with Crippen molar-refractivity contribution in [2.24, 2.45) is 5.92 Å². The third-order valence-corrected chi connectivity index (χ3v) is 5.01. The van der Waals surface area contributed by atoms with Crippen LogP contribution in [0.5, 0.6) is 0 Å². The van der Waals surface area contributed by atoms with E-state index in [-0.39, 0.29) is 30.2 Å². The molecule has 1 aromatic heterocycles. The van der Waals surface area contributed by atoms with E-state index in [0.29, 0.717) is 6.54 Å². The molecule has 0 saturated carbocycles. The molecule has 2 amide bonds.